The highest BCUT2D eigenvalue weighted by molar-refractivity contribution is 7.10. The topological polar surface area (TPSA) is 87.7 Å². The van der Waals surface area contributed by atoms with Crippen LogP contribution < -0.4 is 19.6 Å². The Morgan fingerprint density at radius 1 is 1.10 bits per heavy atom. The van der Waals surface area contributed by atoms with Gasteiger partial charge in [0, 0.05) is 22.2 Å². The van der Waals surface area contributed by atoms with E-state index in [1.807, 2.05) is 66.2 Å². The number of carbonyl (C=O) groups is 1. The monoisotopic (exact) mass is 602 g/mol. The molecule has 0 fully saturated rings. The van der Waals surface area contributed by atoms with Crippen molar-refractivity contribution < 1.29 is 14.3 Å². The van der Waals surface area contributed by atoms with Crippen molar-refractivity contribution in [3.8, 4) is 22.7 Å². The van der Waals surface area contributed by atoms with Crippen molar-refractivity contribution in [3.05, 3.63) is 119 Å². The van der Waals surface area contributed by atoms with Crippen LogP contribution in [0.1, 0.15) is 23.4 Å². The van der Waals surface area contributed by atoms with Gasteiger partial charge in [0.2, 0.25) is 0 Å². The lowest BCUT2D eigenvalue weighted by Gasteiger charge is -2.22. The lowest BCUT2D eigenvalue weighted by molar-refractivity contribution is -0.136. The molecule has 0 amide bonds. The van der Waals surface area contributed by atoms with E-state index >= 15 is 0 Å². The number of fused-ring (bicyclic) bond motifs is 1. The van der Waals surface area contributed by atoms with Gasteiger partial charge in [0.25, 0.3) is 5.56 Å². The van der Waals surface area contributed by atoms with Crippen LogP contribution in [-0.2, 0) is 9.53 Å². The molecule has 0 bridgehead atoms. The third-order valence-electron chi connectivity index (χ3n) is 6.71. The zero-order chi connectivity index (χ0) is 28.7. The average molecular weight is 603 g/mol. The Balaban J connectivity index is 1.56. The largest absolute Gasteiger partial charge is 0.495 e. The van der Waals surface area contributed by atoms with Crippen LogP contribution in [0.2, 0.25) is 5.02 Å². The number of hydrogen-bond acceptors (Lipinski definition) is 8. The molecule has 1 atom stereocenters. The van der Waals surface area contributed by atoms with Crippen molar-refractivity contribution in [1.82, 2.24) is 14.3 Å². The maximum Gasteiger partial charge on any atom is 0.338 e. The summed E-state index contributed by atoms with van der Waals surface area (Å²) in [5.41, 5.74) is 3.61. The molecule has 2 aromatic carbocycles. The minimum atomic E-state index is -0.632. The summed E-state index contributed by atoms with van der Waals surface area (Å²) in [5.74, 6) is 0.0415. The normalized spacial score (nSPS) is 15.0. The Morgan fingerprint density at radius 3 is 2.59 bits per heavy atom. The van der Waals surface area contributed by atoms with Crippen LogP contribution in [0.25, 0.3) is 23.0 Å². The minimum Gasteiger partial charge on any atom is -0.495 e. The van der Waals surface area contributed by atoms with Gasteiger partial charge in [-0.15, -0.1) is 11.3 Å². The smallest absolute Gasteiger partial charge is 0.338 e. The van der Waals surface area contributed by atoms with E-state index in [0.29, 0.717) is 37.1 Å². The van der Waals surface area contributed by atoms with E-state index < -0.39 is 12.0 Å². The number of thiazole rings is 1. The second-order valence-electron chi connectivity index (χ2n) is 9.15. The summed E-state index contributed by atoms with van der Waals surface area (Å²) in [6, 6.07) is 18.3. The van der Waals surface area contributed by atoms with Crippen LogP contribution in [0, 0.1) is 0 Å². The Labute approximate surface area is 247 Å². The number of aromatic nitrogens is 3. The zero-order valence-corrected chi connectivity index (χ0v) is 24.6. The Kier molecular flexibility index (Phi) is 7.21. The third kappa shape index (κ3) is 4.84. The Bertz CT molecular complexity index is 1990. The molecule has 8 nitrogen and oxygen atoms in total. The maximum atomic E-state index is 14.0. The lowest BCUT2D eigenvalue weighted by atomic mass is 10.0. The van der Waals surface area contributed by atoms with Gasteiger partial charge >= 0.3 is 5.97 Å². The van der Waals surface area contributed by atoms with Crippen molar-refractivity contribution in [2.75, 3.05) is 14.2 Å². The Morgan fingerprint density at radius 2 is 1.90 bits per heavy atom. The Hall–Kier alpha value is -4.25. The molecule has 0 saturated heterocycles. The number of methoxy groups -OCH3 is 2. The van der Waals surface area contributed by atoms with E-state index in [2.05, 4.69) is 4.99 Å². The highest BCUT2D eigenvalue weighted by atomic mass is 35.5. The quantitative estimate of drug-likeness (QED) is 0.256. The molecule has 6 rings (SSSR count). The van der Waals surface area contributed by atoms with E-state index in [4.69, 9.17) is 26.2 Å². The third-order valence-corrected chi connectivity index (χ3v) is 8.92. The van der Waals surface area contributed by atoms with Crippen LogP contribution in [-0.4, -0.2) is 34.5 Å². The maximum absolute atomic E-state index is 14.0. The fraction of sp³-hybridized carbons (Fsp3) is 0.133. The van der Waals surface area contributed by atoms with Crippen molar-refractivity contribution in [1.29, 1.82) is 0 Å². The van der Waals surface area contributed by atoms with Crippen molar-refractivity contribution in [2.24, 2.45) is 4.99 Å². The molecular formula is C30H23ClN4O4S2. The predicted octanol–water partition coefficient (Wildman–Crippen LogP) is 4.98. The molecule has 0 N–H and O–H groups in total. The van der Waals surface area contributed by atoms with Gasteiger partial charge in [-0.3, -0.25) is 9.36 Å². The summed E-state index contributed by atoms with van der Waals surface area (Å²) in [6.45, 7) is 1.76. The van der Waals surface area contributed by atoms with Crippen molar-refractivity contribution >= 4 is 46.3 Å². The highest BCUT2D eigenvalue weighted by Gasteiger charge is 2.33. The molecule has 0 aliphatic carbocycles. The molecule has 0 saturated carbocycles. The van der Waals surface area contributed by atoms with Gasteiger partial charge in [-0.25, -0.2) is 14.5 Å². The fourth-order valence-corrected chi connectivity index (χ4v) is 6.91. The number of para-hydroxylation sites is 1. The van der Waals surface area contributed by atoms with Crippen LogP contribution in [0.5, 0.6) is 5.75 Å². The number of rotatable bonds is 6. The van der Waals surface area contributed by atoms with Gasteiger partial charge in [-0.05, 0) is 54.8 Å². The first-order valence-corrected chi connectivity index (χ1v) is 14.6. The first-order valence-electron chi connectivity index (χ1n) is 12.5. The molecule has 41 heavy (non-hydrogen) atoms. The summed E-state index contributed by atoms with van der Waals surface area (Å²) in [7, 11) is 2.89. The molecule has 5 aromatic rings. The summed E-state index contributed by atoms with van der Waals surface area (Å²) in [6.07, 6.45) is 3.69. The number of thiophene rings is 1. The number of esters is 1. The van der Waals surface area contributed by atoms with Crippen molar-refractivity contribution in [2.45, 2.75) is 13.0 Å². The molecule has 1 aliphatic heterocycles. The molecule has 4 heterocycles. The van der Waals surface area contributed by atoms with Crippen LogP contribution in [0.15, 0.2) is 93.3 Å². The van der Waals surface area contributed by atoms with E-state index in [9.17, 15) is 9.59 Å². The molecule has 0 unspecified atom stereocenters. The summed E-state index contributed by atoms with van der Waals surface area (Å²) < 4.78 is 14.2. The molecule has 206 valence electrons. The van der Waals surface area contributed by atoms with E-state index in [0.717, 1.165) is 21.7 Å². The van der Waals surface area contributed by atoms with Gasteiger partial charge in [0.1, 0.15) is 17.5 Å². The number of halogens is 1. The number of nitrogens with zero attached hydrogens (tertiary/aromatic N) is 4. The molecule has 0 spiro atoms. The summed E-state index contributed by atoms with van der Waals surface area (Å²) in [4.78, 5) is 32.8. The van der Waals surface area contributed by atoms with Crippen molar-refractivity contribution in [3.63, 3.8) is 0 Å². The van der Waals surface area contributed by atoms with E-state index in [1.54, 1.807) is 35.4 Å². The lowest BCUT2D eigenvalue weighted by Crippen LogP contribution is -2.39. The number of hydrogen-bond donors (Lipinski definition) is 0. The highest BCUT2D eigenvalue weighted by Crippen LogP contribution is 2.34. The van der Waals surface area contributed by atoms with Gasteiger partial charge in [0.15, 0.2) is 4.80 Å². The first kappa shape index (κ1) is 26.9. The van der Waals surface area contributed by atoms with Crippen LogP contribution >= 0.6 is 34.3 Å². The van der Waals surface area contributed by atoms with Gasteiger partial charge in [0.05, 0.1) is 40.7 Å². The number of ether oxygens (including phenoxy) is 2. The fourth-order valence-electron chi connectivity index (χ4n) is 4.79. The van der Waals surface area contributed by atoms with Crippen LogP contribution in [0.4, 0.5) is 0 Å². The van der Waals surface area contributed by atoms with Gasteiger partial charge < -0.3 is 9.47 Å². The van der Waals surface area contributed by atoms with E-state index in [-0.39, 0.29) is 5.56 Å². The standard InChI is InChI=1S/C30H23ClN4O4S2/c1-17-25(29(37)39-3)27(23-10-7-13-40-23)35-28(36)24(41-30(35)32-17)15-19-16-34(20-8-5-4-6-9-20)33-26(19)18-11-12-22(38-2)21(31)14-18/h4-16,27H,1-3H3/b24-15+/t27-/m1/s1. The summed E-state index contributed by atoms with van der Waals surface area (Å²) >= 11 is 9.20. The molecule has 11 heteroatoms. The molecule has 3 aromatic heterocycles. The summed E-state index contributed by atoms with van der Waals surface area (Å²) in [5, 5.41) is 7.23. The second-order valence-corrected chi connectivity index (χ2v) is 11.5. The predicted molar refractivity (Wildman–Crippen MR) is 161 cm³/mol. The average Bonchev–Trinajstić information content (AvgIpc) is 3.73. The molecule has 1 aliphatic rings. The van der Waals surface area contributed by atoms with E-state index in [1.165, 1.54) is 29.8 Å². The van der Waals surface area contributed by atoms with Gasteiger partial charge in [-0.1, -0.05) is 47.2 Å². The number of benzene rings is 2. The zero-order valence-electron chi connectivity index (χ0n) is 22.2. The van der Waals surface area contributed by atoms with Gasteiger partial charge in [-0.2, -0.15) is 5.10 Å². The molecular weight excluding hydrogens is 580 g/mol. The number of carbonyl (C=O) groups excluding carboxylic acids is 1. The minimum absolute atomic E-state index is 0.257. The van der Waals surface area contributed by atoms with Crippen LogP contribution in [0.3, 0.4) is 0 Å². The second kappa shape index (κ2) is 11.0. The number of allylic oxidation sites excluding steroid dienone is 1. The molecule has 0 radical (unpaired) electrons. The first-order chi connectivity index (χ1) is 19.9. The SMILES string of the molecule is COC(=O)C1=C(C)N=c2s/c(=C/c3cn(-c4ccccc4)nc3-c3ccc(OC)c(Cl)c3)c(=O)n2[C@@H]1c1cccs1.